The zero-order chi connectivity index (χ0) is 21.1. The van der Waals surface area contributed by atoms with E-state index in [2.05, 4.69) is 20.4 Å². The average Bonchev–Trinajstić information content (AvgIpc) is 3.03. The summed E-state index contributed by atoms with van der Waals surface area (Å²) in [6, 6.07) is 2.64. The number of carbonyl (C=O) groups is 2. The molecule has 0 aliphatic heterocycles. The second kappa shape index (κ2) is 8.17. The third-order valence-electron chi connectivity index (χ3n) is 4.21. The van der Waals surface area contributed by atoms with Crippen molar-refractivity contribution < 1.29 is 23.1 Å². The fraction of sp³-hybridized carbons (Fsp3) is 0.278. The molecule has 0 saturated carbocycles. The third-order valence-corrected chi connectivity index (χ3v) is 4.21. The van der Waals surface area contributed by atoms with Crippen LogP contribution in [0.15, 0.2) is 18.2 Å². The standard InChI is InChI=1S/C18H18F2N6O3/c1-9-12(10(2)26-18(22-9)24-17(21)25-26)4-6-16(28)29-8-15(27)23-14-7-11(19)3-5-13(14)20/h3,5,7H,4,6,8H2,1-2H3,(H2,21,25)(H,23,27). The Bertz CT molecular complexity index is 1100. The average molecular weight is 404 g/mol. The maximum atomic E-state index is 13.5. The second-order valence-electron chi connectivity index (χ2n) is 6.28. The van der Waals surface area contributed by atoms with Gasteiger partial charge in [0.15, 0.2) is 6.61 Å². The first-order valence-electron chi connectivity index (χ1n) is 8.63. The first-order chi connectivity index (χ1) is 13.7. The highest BCUT2D eigenvalue weighted by Gasteiger charge is 2.15. The number of carbonyl (C=O) groups excluding carboxylic acids is 2. The smallest absolute Gasteiger partial charge is 0.306 e. The van der Waals surface area contributed by atoms with Gasteiger partial charge in [0.2, 0.25) is 5.95 Å². The van der Waals surface area contributed by atoms with Gasteiger partial charge in [0, 0.05) is 23.9 Å². The zero-order valence-electron chi connectivity index (χ0n) is 15.7. The van der Waals surface area contributed by atoms with Crippen LogP contribution >= 0.6 is 0 Å². The van der Waals surface area contributed by atoms with Crippen molar-refractivity contribution in [1.29, 1.82) is 0 Å². The number of anilines is 2. The Morgan fingerprint density at radius 3 is 2.76 bits per heavy atom. The fourth-order valence-corrected chi connectivity index (χ4v) is 2.81. The van der Waals surface area contributed by atoms with Gasteiger partial charge in [-0.05, 0) is 38.0 Å². The maximum absolute atomic E-state index is 13.5. The predicted molar refractivity (Wildman–Crippen MR) is 98.9 cm³/mol. The number of fused-ring (bicyclic) bond motifs is 1. The fourth-order valence-electron chi connectivity index (χ4n) is 2.81. The number of benzene rings is 1. The van der Waals surface area contributed by atoms with E-state index < -0.39 is 30.1 Å². The minimum absolute atomic E-state index is 0.0132. The Labute approximate surface area is 163 Å². The molecule has 1 aromatic carbocycles. The molecule has 0 aliphatic carbocycles. The predicted octanol–water partition coefficient (Wildman–Crippen LogP) is 1.72. The lowest BCUT2D eigenvalue weighted by Crippen LogP contribution is -2.21. The number of ether oxygens (including phenoxy) is 1. The van der Waals surface area contributed by atoms with Gasteiger partial charge in [-0.15, -0.1) is 5.10 Å². The van der Waals surface area contributed by atoms with Crippen molar-refractivity contribution in [2.45, 2.75) is 26.7 Å². The highest BCUT2D eigenvalue weighted by Crippen LogP contribution is 2.17. The largest absolute Gasteiger partial charge is 0.456 e. The second-order valence-corrected chi connectivity index (χ2v) is 6.28. The number of aromatic nitrogens is 4. The summed E-state index contributed by atoms with van der Waals surface area (Å²) in [6.45, 7) is 2.96. The van der Waals surface area contributed by atoms with Crippen LogP contribution in [0.3, 0.4) is 0 Å². The van der Waals surface area contributed by atoms with E-state index in [4.69, 9.17) is 10.5 Å². The van der Waals surface area contributed by atoms with E-state index in [-0.39, 0.29) is 18.1 Å². The van der Waals surface area contributed by atoms with Crippen LogP contribution in [-0.2, 0) is 20.7 Å². The van der Waals surface area contributed by atoms with Crippen LogP contribution in [-0.4, -0.2) is 38.1 Å². The normalized spacial score (nSPS) is 10.9. The summed E-state index contributed by atoms with van der Waals surface area (Å²) in [5.74, 6) is -2.45. The Morgan fingerprint density at radius 1 is 1.24 bits per heavy atom. The van der Waals surface area contributed by atoms with Crippen molar-refractivity contribution in [1.82, 2.24) is 19.6 Å². The molecule has 2 heterocycles. The van der Waals surface area contributed by atoms with E-state index in [0.29, 0.717) is 17.9 Å². The Hall–Kier alpha value is -3.63. The molecule has 0 saturated heterocycles. The topological polar surface area (TPSA) is 124 Å². The van der Waals surface area contributed by atoms with Crippen molar-refractivity contribution in [2.24, 2.45) is 0 Å². The molecule has 1 amide bonds. The number of nitrogens with two attached hydrogens (primary N) is 1. The molecule has 0 aliphatic rings. The van der Waals surface area contributed by atoms with E-state index >= 15 is 0 Å². The van der Waals surface area contributed by atoms with Gasteiger partial charge in [0.05, 0.1) is 5.69 Å². The van der Waals surface area contributed by atoms with E-state index in [1.54, 1.807) is 13.8 Å². The Kier molecular flexibility index (Phi) is 5.66. The van der Waals surface area contributed by atoms with Gasteiger partial charge in [0.25, 0.3) is 11.7 Å². The number of aryl methyl sites for hydroxylation is 2. The van der Waals surface area contributed by atoms with Gasteiger partial charge in [-0.2, -0.15) is 9.50 Å². The number of hydrogen-bond donors (Lipinski definition) is 2. The first-order valence-corrected chi connectivity index (χ1v) is 8.63. The molecule has 0 radical (unpaired) electrons. The quantitative estimate of drug-likeness (QED) is 0.599. The lowest BCUT2D eigenvalue weighted by atomic mass is 10.1. The highest BCUT2D eigenvalue weighted by atomic mass is 19.1. The summed E-state index contributed by atoms with van der Waals surface area (Å²) in [6.07, 6.45) is 0.292. The highest BCUT2D eigenvalue weighted by molar-refractivity contribution is 5.92. The summed E-state index contributed by atoms with van der Waals surface area (Å²) in [7, 11) is 0. The van der Waals surface area contributed by atoms with E-state index in [1.165, 1.54) is 4.52 Å². The van der Waals surface area contributed by atoms with Crippen LogP contribution in [0.2, 0.25) is 0 Å². The van der Waals surface area contributed by atoms with Crippen LogP contribution in [0, 0.1) is 25.5 Å². The number of nitrogens with one attached hydrogen (secondary N) is 1. The SMILES string of the molecule is Cc1nc2nc(N)nn2c(C)c1CCC(=O)OCC(=O)Nc1cc(F)ccc1F. The van der Waals surface area contributed by atoms with Crippen molar-refractivity contribution in [3.63, 3.8) is 0 Å². The van der Waals surface area contributed by atoms with Crippen molar-refractivity contribution in [3.8, 4) is 0 Å². The monoisotopic (exact) mass is 404 g/mol. The number of nitrogen functional groups attached to an aromatic ring is 1. The van der Waals surface area contributed by atoms with Crippen LogP contribution in [0.1, 0.15) is 23.4 Å². The molecule has 3 rings (SSSR count). The van der Waals surface area contributed by atoms with E-state index in [0.717, 1.165) is 29.5 Å². The molecule has 3 aromatic rings. The summed E-state index contributed by atoms with van der Waals surface area (Å²) in [5, 5.41) is 6.20. The van der Waals surface area contributed by atoms with Crippen LogP contribution in [0.5, 0.6) is 0 Å². The Balaban J connectivity index is 1.55. The molecule has 152 valence electrons. The van der Waals surface area contributed by atoms with Gasteiger partial charge in [-0.1, -0.05) is 0 Å². The van der Waals surface area contributed by atoms with Crippen LogP contribution in [0.4, 0.5) is 20.4 Å². The first kappa shape index (κ1) is 20.1. The number of halogens is 2. The lowest BCUT2D eigenvalue weighted by molar-refractivity contribution is -0.147. The summed E-state index contributed by atoms with van der Waals surface area (Å²) in [4.78, 5) is 32.1. The molecule has 9 nitrogen and oxygen atoms in total. The molecule has 0 atom stereocenters. The molecular formula is C18H18F2N6O3. The Morgan fingerprint density at radius 2 is 2.00 bits per heavy atom. The molecule has 0 bridgehead atoms. The van der Waals surface area contributed by atoms with E-state index in [9.17, 15) is 18.4 Å². The molecular weight excluding hydrogens is 386 g/mol. The summed E-state index contributed by atoms with van der Waals surface area (Å²) in [5.41, 5.74) is 7.45. The maximum Gasteiger partial charge on any atom is 0.306 e. The summed E-state index contributed by atoms with van der Waals surface area (Å²) >= 11 is 0. The van der Waals surface area contributed by atoms with Gasteiger partial charge >= 0.3 is 5.97 Å². The van der Waals surface area contributed by atoms with Gasteiger partial charge in [0.1, 0.15) is 11.6 Å². The van der Waals surface area contributed by atoms with Crippen LogP contribution in [0.25, 0.3) is 5.78 Å². The molecule has 0 unspecified atom stereocenters. The van der Waals surface area contributed by atoms with E-state index in [1.807, 2.05) is 0 Å². The number of esters is 1. The number of hydrogen-bond acceptors (Lipinski definition) is 7. The molecule has 29 heavy (non-hydrogen) atoms. The van der Waals surface area contributed by atoms with Gasteiger partial charge in [-0.3, -0.25) is 9.59 Å². The number of rotatable bonds is 6. The molecule has 11 heteroatoms. The van der Waals surface area contributed by atoms with Crippen molar-refractivity contribution >= 4 is 29.3 Å². The number of amides is 1. The third kappa shape index (κ3) is 4.62. The molecule has 2 aromatic heterocycles. The van der Waals surface area contributed by atoms with Crippen LogP contribution < -0.4 is 11.1 Å². The molecule has 0 fully saturated rings. The van der Waals surface area contributed by atoms with Crippen molar-refractivity contribution in [3.05, 3.63) is 46.8 Å². The van der Waals surface area contributed by atoms with Gasteiger partial charge in [-0.25, -0.2) is 13.8 Å². The minimum Gasteiger partial charge on any atom is -0.456 e. The molecule has 0 spiro atoms. The van der Waals surface area contributed by atoms with Gasteiger partial charge < -0.3 is 15.8 Å². The molecule has 3 N–H and O–H groups in total. The lowest BCUT2D eigenvalue weighted by Gasteiger charge is -2.10. The summed E-state index contributed by atoms with van der Waals surface area (Å²) < 4.78 is 33.0. The zero-order valence-corrected chi connectivity index (χ0v) is 15.7. The number of nitrogens with zero attached hydrogens (tertiary/aromatic N) is 4. The van der Waals surface area contributed by atoms with Crippen molar-refractivity contribution in [2.75, 3.05) is 17.7 Å². The minimum atomic E-state index is -0.798.